The van der Waals surface area contributed by atoms with Gasteiger partial charge in [-0.05, 0) is 29.1 Å². The first-order chi connectivity index (χ1) is 18.6. The maximum Gasteiger partial charge on any atom is 0.490 e. The number of hydrogen-bond donors (Lipinski definition) is 2. The fourth-order valence-electron chi connectivity index (χ4n) is 3.21. The second-order valence-electron chi connectivity index (χ2n) is 7.97. The molecule has 3 N–H and O–H groups in total. The third-order valence-corrected chi connectivity index (χ3v) is 6.26. The first-order valence-electron chi connectivity index (χ1n) is 10.8. The number of aliphatic carboxylic acids is 1. The molecule has 0 saturated heterocycles. The van der Waals surface area contributed by atoms with E-state index in [2.05, 4.69) is 10.1 Å². The van der Waals surface area contributed by atoms with Gasteiger partial charge in [-0.2, -0.15) is 40.2 Å². The van der Waals surface area contributed by atoms with Crippen LogP contribution in [0, 0.1) is 0 Å². The van der Waals surface area contributed by atoms with Crippen LogP contribution in [0.5, 0.6) is 0 Å². The van der Waals surface area contributed by atoms with E-state index in [1.54, 1.807) is 6.07 Å². The quantitative estimate of drug-likeness (QED) is 0.299. The Bertz CT molecular complexity index is 1580. The molecular formula is C23H17F8N5O3S. The largest absolute Gasteiger partial charge is 0.490 e. The standard InChI is InChI=1S/C21H16F5N5OS.C2HF3O2/c22-19(23)15(7-27)9-31-20(32)30(11-29-31)10-16-5-13-2-1-12(6-17(13)33-16)14-3-4-18(28-8-14)21(24,25)26;3-2(4,5)1(6)7/h1-6,8,11H,7,9-10,27H2;(H,6,7). The maximum atomic E-state index is 12.8. The van der Waals surface area contributed by atoms with Crippen LogP contribution in [0.2, 0.25) is 0 Å². The minimum Gasteiger partial charge on any atom is -0.475 e. The van der Waals surface area contributed by atoms with Gasteiger partial charge in [0.15, 0.2) is 0 Å². The Morgan fingerprint density at radius 1 is 1.02 bits per heavy atom. The average Bonchev–Trinajstić information content (AvgIpc) is 3.43. The molecule has 0 spiro atoms. The molecule has 4 rings (SSSR count). The molecule has 17 heteroatoms. The van der Waals surface area contributed by atoms with Crippen molar-refractivity contribution in [2.75, 3.05) is 6.54 Å². The van der Waals surface area contributed by atoms with E-state index >= 15 is 0 Å². The number of halogens is 8. The third-order valence-electron chi connectivity index (χ3n) is 5.18. The van der Waals surface area contributed by atoms with Crippen LogP contribution < -0.4 is 11.4 Å². The summed E-state index contributed by atoms with van der Waals surface area (Å²) in [6.07, 6.45) is -9.06. The van der Waals surface area contributed by atoms with Gasteiger partial charge in [0, 0.05) is 33.5 Å². The summed E-state index contributed by atoms with van der Waals surface area (Å²) in [4.78, 5) is 25.7. The zero-order valence-electron chi connectivity index (χ0n) is 19.8. The number of fused-ring (bicyclic) bond motifs is 1. The number of nitrogens with two attached hydrogens (primary N) is 1. The van der Waals surface area contributed by atoms with Gasteiger partial charge in [-0.1, -0.05) is 18.2 Å². The number of nitrogens with zero attached hydrogens (tertiary/aromatic N) is 4. The second kappa shape index (κ2) is 12.0. The lowest BCUT2D eigenvalue weighted by Crippen LogP contribution is -2.27. The zero-order chi connectivity index (χ0) is 29.8. The Balaban J connectivity index is 0.000000559. The van der Waals surface area contributed by atoms with Gasteiger partial charge in [-0.25, -0.2) is 14.3 Å². The van der Waals surface area contributed by atoms with E-state index in [0.29, 0.717) is 11.1 Å². The van der Waals surface area contributed by atoms with Gasteiger partial charge in [0.1, 0.15) is 12.0 Å². The molecule has 4 aromatic rings. The summed E-state index contributed by atoms with van der Waals surface area (Å²) in [7, 11) is 0. The summed E-state index contributed by atoms with van der Waals surface area (Å²) >= 11 is 1.40. The van der Waals surface area contributed by atoms with Crippen molar-refractivity contribution in [1.29, 1.82) is 0 Å². The summed E-state index contributed by atoms with van der Waals surface area (Å²) in [5, 5.41) is 11.9. The van der Waals surface area contributed by atoms with Crippen LogP contribution in [0.3, 0.4) is 0 Å². The predicted molar refractivity (Wildman–Crippen MR) is 128 cm³/mol. The normalized spacial score (nSPS) is 11.7. The van der Waals surface area contributed by atoms with Crippen molar-refractivity contribution in [2.45, 2.75) is 25.4 Å². The first-order valence-corrected chi connectivity index (χ1v) is 11.6. The Labute approximate surface area is 222 Å². The van der Waals surface area contributed by atoms with E-state index in [4.69, 9.17) is 15.6 Å². The molecular weight excluding hydrogens is 578 g/mol. The summed E-state index contributed by atoms with van der Waals surface area (Å²) in [6, 6.07) is 9.62. The molecule has 0 fully saturated rings. The van der Waals surface area contributed by atoms with Gasteiger partial charge in [0.2, 0.25) is 0 Å². The van der Waals surface area contributed by atoms with Crippen molar-refractivity contribution >= 4 is 27.4 Å². The van der Waals surface area contributed by atoms with Crippen LogP contribution in [0.25, 0.3) is 21.2 Å². The van der Waals surface area contributed by atoms with Gasteiger partial charge < -0.3 is 10.8 Å². The second-order valence-corrected chi connectivity index (χ2v) is 9.13. The van der Waals surface area contributed by atoms with Gasteiger partial charge in [-0.3, -0.25) is 9.55 Å². The molecule has 0 amide bonds. The molecule has 3 heterocycles. The number of thiophene rings is 1. The highest BCUT2D eigenvalue weighted by atomic mass is 32.1. The topological polar surface area (TPSA) is 116 Å². The monoisotopic (exact) mass is 595 g/mol. The van der Waals surface area contributed by atoms with Crippen molar-refractivity contribution < 1.29 is 45.0 Å². The molecule has 0 aliphatic heterocycles. The maximum absolute atomic E-state index is 12.8. The fourth-order valence-corrected chi connectivity index (χ4v) is 4.32. The highest BCUT2D eigenvalue weighted by molar-refractivity contribution is 7.19. The van der Waals surface area contributed by atoms with E-state index < -0.39 is 35.8 Å². The lowest BCUT2D eigenvalue weighted by molar-refractivity contribution is -0.192. The number of carboxylic acid groups (broad SMARTS) is 1. The number of pyridine rings is 1. The number of alkyl halides is 6. The number of benzene rings is 1. The van der Waals surface area contributed by atoms with Crippen LogP contribution in [-0.4, -0.2) is 43.1 Å². The van der Waals surface area contributed by atoms with Gasteiger partial charge >= 0.3 is 24.0 Å². The van der Waals surface area contributed by atoms with Gasteiger partial charge in [0.05, 0.1) is 13.1 Å². The molecule has 0 saturated carbocycles. The summed E-state index contributed by atoms with van der Waals surface area (Å²) in [5.74, 6) is -2.76. The summed E-state index contributed by atoms with van der Waals surface area (Å²) in [6.45, 7) is -0.578. The highest BCUT2D eigenvalue weighted by Gasteiger charge is 2.38. The fraction of sp³-hybridized carbons (Fsp3) is 0.217. The third kappa shape index (κ3) is 7.50. The minimum absolute atomic E-state index is 0.190. The Hall–Kier alpha value is -4.12. The summed E-state index contributed by atoms with van der Waals surface area (Å²) < 4.78 is 98.6. The number of aromatic nitrogens is 4. The molecule has 40 heavy (non-hydrogen) atoms. The van der Waals surface area contributed by atoms with Crippen molar-refractivity contribution in [3.8, 4) is 11.1 Å². The average molecular weight is 595 g/mol. The lowest BCUT2D eigenvalue weighted by Gasteiger charge is -2.06. The number of rotatable bonds is 6. The molecule has 0 atom stereocenters. The zero-order valence-corrected chi connectivity index (χ0v) is 20.6. The van der Waals surface area contributed by atoms with E-state index in [-0.39, 0.29) is 25.2 Å². The minimum atomic E-state index is -5.08. The van der Waals surface area contributed by atoms with E-state index in [1.165, 1.54) is 34.5 Å². The van der Waals surface area contributed by atoms with Crippen molar-refractivity contribution in [1.82, 2.24) is 19.3 Å². The van der Waals surface area contributed by atoms with Gasteiger partial charge in [-0.15, -0.1) is 11.3 Å². The molecule has 0 aliphatic carbocycles. The summed E-state index contributed by atoms with van der Waals surface area (Å²) in [5.41, 5.74) is 4.66. The smallest absolute Gasteiger partial charge is 0.475 e. The van der Waals surface area contributed by atoms with Crippen LogP contribution in [0.4, 0.5) is 35.1 Å². The molecule has 0 bridgehead atoms. The number of hydrogen-bond acceptors (Lipinski definition) is 6. The molecule has 8 nitrogen and oxygen atoms in total. The van der Waals surface area contributed by atoms with Crippen molar-refractivity contribution in [2.24, 2.45) is 5.73 Å². The van der Waals surface area contributed by atoms with Crippen LogP contribution in [-0.2, 0) is 24.1 Å². The van der Waals surface area contributed by atoms with Crippen LogP contribution >= 0.6 is 11.3 Å². The lowest BCUT2D eigenvalue weighted by atomic mass is 10.1. The molecule has 0 radical (unpaired) electrons. The Morgan fingerprint density at radius 3 is 2.20 bits per heavy atom. The van der Waals surface area contributed by atoms with Gasteiger partial charge in [0.25, 0.3) is 6.08 Å². The van der Waals surface area contributed by atoms with E-state index in [0.717, 1.165) is 25.7 Å². The SMILES string of the molecule is NCC(Cn1ncn(Cc2cc3ccc(-c4ccc(C(F)(F)F)nc4)cc3s2)c1=O)=C(F)F.O=C(O)C(F)(F)F. The first kappa shape index (κ1) is 30.4. The van der Waals surface area contributed by atoms with Crippen molar-refractivity contribution in [3.63, 3.8) is 0 Å². The molecule has 3 aromatic heterocycles. The Kier molecular flexibility index (Phi) is 9.09. The van der Waals surface area contributed by atoms with Crippen LogP contribution in [0.1, 0.15) is 10.6 Å². The molecule has 0 aliphatic rings. The highest BCUT2D eigenvalue weighted by Crippen LogP contribution is 2.32. The molecule has 1 aromatic carbocycles. The van der Waals surface area contributed by atoms with E-state index in [9.17, 15) is 39.9 Å². The number of carboxylic acids is 1. The number of carbonyl (C=O) groups is 1. The van der Waals surface area contributed by atoms with Crippen LogP contribution in [0.15, 0.2) is 65.4 Å². The van der Waals surface area contributed by atoms with E-state index in [1.807, 2.05) is 18.2 Å². The van der Waals surface area contributed by atoms with Crippen molar-refractivity contribution in [3.05, 3.63) is 81.6 Å². The Morgan fingerprint density at radius 2 is 1.68 bits per heavy atom. The molecule has 0 unspecified atom stereocenters. The molecule has 214 valence electrons. The predicted octanol–water partition coefficient (Wildman–Crippen LogP) is 5.13.